The topological polar surface area (TPSA) is 41.1 Å². The van der Waals surface area contributed by atoms with Gasteiger partial charge in [-0.3, -0.25) is 4.79 Å². The second-order valence-corrected chi connectivity index (χ2v) is 5.99. The first kappa shape index (κ1) is 16.8. The summed E-state index contributed by atoms with van der Waals surface area (Å²) in [4.78, 5) is 11.6. The molecule has 112 valence electrons. The molecule has 2 saturated carbocycles. The molecular formula is C15H29ClN2O. The number of hydrogen-bond acceptors (Lipinski definition) is 2. The van der Waals surface area contributed by atoms with Crippen molar-refractivity contribution in [2.45, 2.75) is 70.3 Å². The zero-order chi connectivity index (χ0) is 12.6. The van der Waals surface area contributed by atoms with Crippen LogP contribution in [0.5, 0.6) is 0 Å². The molecule has 3 nitrogen and oxygen atoms in total. The van der Waals surface area contributed by atoms with E-state index in [2.05, 4.69) is 10.6 Å². The molecule has 2 rings (SSSR count). The molecule has 2 fully saturated rings. The minimum atomic E-state index is 0. The number of amides is 1. The summed E-state index contributed by atoms with van der Waals surface area (Å²) in [5.41, 5.74) is 0. The third kappa shape index (κ3) is 6.62. The molecule has 0 atom stereocenters. The Morgan fingerprint density at radius 2 is 1.58 bits per heavy atom. The molecule has 0 saturated heterocycles. The van der Waals surface area contributed by atoms with Crippen LogP contribution in [0.2, 0.25) is 0 Å². The fraction of sp³-hybridized carbons (Fsp3) is 0.933. The van der Waals surface area contributed by atoms with Crippen molar-refractivity contribution in [1.82, 2.24) is 10.6 Å². The number of hydrogen-bond donors (Lipinski definition) is 2. The van der Waals surface area contributed by atoms with Gasteiger partial charge in [0, 0.05) is 25.6 Å². The van der Waals surface area contributed by atoms with E-state index >= 15 is 0 Å². The van der Waals surface area contributed by atoms with E-state index in [4.69, 9.17) is 0 Å². The van der Waals surface area contributed by atoms with Crippen LogP contribution in [0.3, 0.4) is 0 Å². The van der Waals surface area contributed by atoms with Crippen molar-refractivity contribution in [1.29, 1.82) is 0 Å². The number of nitrogens with one attached hydrogen (secondary N) is 2. The van der Waals surface area contributed by atoms with Crippen LogP contribution in [0.25, 0.3) is 0 Å². The van der Waals surface area contributed by atoms with E-state index in [1.165, 1.54) is 57.8 Å². The average molecular weight is 289 g/mol. The summed E-state index contributed by atoms with van der Waals surface area (Å²) in [5.74, 6) is 0.933. The van der Waals surface area contributed by atoms with Crippen LogP contribution in [0.15, 0.2) is 0 Å². The van der Waals surface area contributed by atoms with E-state index in [0.717, 1.165) is 19.5 Å². The van der Waals surface area contributed by atoms with Crippen molar-refractivity contribution in [2.75, 3.05) is 13.1 Å². The van der Waals surface area contributed by atoms with Gasteiger partial charge in [0.05, 0.1) is 0 Å². The van der Waals surface area contributed by atoms with Crippen LogP contribution in [0.4, 0.5) is 0 Å². The maximum Gasteiger partial charge on any atom is 0.220 e. The summed E-state index contributed by atoms with van der Waals surface area (Å²) in [6, 6.07) is 0.691. The molecule has 0 aliphatic heterocycles. The first-order valence-electron chi connectivity index (χ1n) is 7.84. The fourth-order valence-electron chi connectivity index (χ4n) is 2.99. The highest BCUT2D eigenvalue weighted by Crippen LogP contribution is 2.28. The van der Waals surface area contributed by atoms with Gasteiger partial charge >= 0.3 is 0 Å². The lowest BCUT2D eigenvalue weighted by Crippen LogP contribution is -2.37. The highest BCUT2D eigenvalue weighted by molar-refractivity contribution is 5.85. The van der Waals surface area contributed by atoms with Crippen LogP contribution in [0, 0.1) is 5.92 Å². The van der Waals surface area contributed by atoms with Gasteiger partial charge < -0.3 is 10.6 Å². The van der Waals surface area contributed by atoms with Gasteiger partial charge in [0.15, 0.2) is 0 Å². The largest absolute Gasteiger partial charge is 0.355 e. The number of carbonyl (C=O) groups is 1. The van der Waals surface area contributed by atoms with Crippen LogP contribution in [-0.2, 0) is 4.79 Å². The standard InChI is InChI=1S/C15H28N2O.ClH/c18-15(12-13-6-5-7-13)17-11-10-16-14-8-3-1-2-4-9-14;/h13-14,16H,1-12H2,(H,17,18);1H. The van der Waals surface area contributed by atoms with E-state index in [9.17, 15) is 4.79 Å². The Morgan fingerprint density at radius 3 is 2.16 bits per heavy atom. The van der Waals surface area contributed by atoms with Gasteiger partial charge in [-0.05, 0) is 31.6 Å². The van der Waals surface area contributed by atoms with Gasteiger partial charge in [-0.1, -0.05) is 32.1 Å². The smallest absolute Gasteiger partial charge is 0.220 e. The van der Waals surface area contributed by atoms with Crippen LogP contribution < -0.4 is 10.6 Å². The molecule has 0 aromatic heterocycles. The summed E-state index contributed by atoms with van der Waals surface area (Å²) < 4.78 is 0. The molecule has 0 heterocycles. The lowest BCUT2D eigenvalue weighted by atomic mass is 9.83. The van der Waals surface area contributed by atoms with Crippen molar-refractivity contribution < 1.29 is 4.79 Å². The molecule has 4 heteroatoms. The monoisotopic (exact) mass is 288 g/mol. The number of carbonyl (C=O) groups excluding carboxylic acids is 1. The Labute approximate surface area is 123 Å². The van der Waals surface area contributed by atoms with E-state index in [1.54, 1.807) is 0 Å². The molecule has 1 amide bonds. The van der Waals surface area contributed by atoms with Crippen LogP contribution >= 0.6 is 12.4 Å². The number of halogens is 1. The zero-order valence-electron chi connectivity index (χ0n) is 12.0. The number of rotatable bonds is 6. The van der Waals surface area contributed by atoms with Crippen molar-refractivity contribution >= 4 is 18.3 Å². The predicted octanol–water partition coefficient (Wildman–Crippen LogP) is 3.03. The summed E-state index contributed by atoms with van der Waals surface area (Å²) in [7, 11) is 0. The van der Waals surface area contributed by atoms with E-state index in [1.807, 2.05) is 0 Å². The molecule has 2 aliphatic carbocycles. The molecule has 19 heavy (non-hydrogen) atoms. The highest BCUT2D eigenvalue weighted by Gasteiger charge is 2.20. The molecule has 0 aromatic rings. The lowest BCUT2D eigenvalue weighted by Gasteiger charge is -2.24. The third-order valence-corrected chi connectivity index (χ3v) is 4.43. The van der Waals surface area contributed by atoms with Gasteiger partial charge in [-0.15, -0.1) is 12.4 Å². The molecular weight excluding hydrogens is 260 g/mol. The normalized spacial score (nSPS) is 21.1. The zero-order valence-corrected chi connectivity index (χ0v) is 12.8. The Kier molecular flexibility index (Phi) is 8.47. The molecule has 0 bridgehead atoms. The molecule has 0 aromatic carbocycles. The van der Waals surface area contributed by atoms with Gasteiger partial charge in [-0.2, -0.15) is 0 Å². The average Bonchev–Trinajstić information content (AvgIpc) is 2.58. The van der Waals surface area contributed by atoms with Crippen molar-refractivity contribution in [3.05, 3.63) is 0 Å². The molecule has 0 unspecified atom stereocenters. The van der Waals surface area contributed by atoms with E-state index in [-0.39, 0.29) is 18.3 Å². The second-order valence-electron chi connectivity index (χ2n) is 5.99. The minimum Gasteiger partial charge on any atom is -0.355 e. The highest BCUT2D eigenvalue weighted by atomic mass is 35.5. The molecule has 2 aliphatic rings. The van der Waals surface area contributed by atoms with Crippen LogP contribution in [-0.4, -0.2) is 25.0 Å². The van der Waals surface area contributed by atoms with Gasteiger partial charge in [0.2, 0.25) is 5.91 Å². The quantitative estimate of drug-likeness (QED) is 0.583. The second kappa shape index (κ2) is 9.60. The first-order valence-corrected chi connectivity index (χ1v) is 7.84. The molecule has 2 N–H and O–H groups in total. The first-order chi connectivity index (χ1) is 8.84. The van der Waals surface area contributed by atoms with Gasteiger partial charge in [-0.25, -0.2) is 0 Å². The predicted molar refractivity (Wildman–Crippen MR) is 81.7 cm³/mol. The summed E-state index contributed by atoms with van der Waals surface area (Å²) >= 11 is 0. The van der Waals surface area contributed by atoms with E-state index in [0.29, 0.717) is 12.0 Å². The van der Waals surface area contributed by atoms with Crippen molar-refractivity contribution in [3.63, 3.8) is 0 Å². The maximum atomic E-state index is 11.6. The van der Waals surface area contributed by atoms with E-state index < -0.39 is 0 Å². The summed E-state index contributed by atoms with van der Waals surface area (Å²) in [5, 5.41) is 6.62. The molecule has 0 spiro atoms. The Hall–Kier alpha value is -0.280. The van der Waals surface area contributed by atoms with Gasteiger partial charge in [0.25, 0.3) is 0 Å². The fourth-order valence-corrected chi connectivity index (χ4v) is 2.99. The Bertz CT molecular complexity index is 249. The molecule has 0 radical (unpaired) electrons. The Balaban J connectivity index is 0.00000180. The summed E-state index contributed by atoms with van der Waals surface area (Å²) in [6.45, 7) is 1.73. The summed E-state index contributed by atoms with van der Waals surface area (Å²) in [6.07, 6.45) is 12.8. The Morgan fingerprint density at radius 1 is 0.895 bits per heavy atom. The van der Waals surface area contributed by atoms with Crippen molar-refractivity contribution in [2.24, 2.45) is 5.92 Å². The SMILES string of the molecule is Cl.O=C(CC1CCC1)NCCNC1CCCCCC1. The maximum absolute atomic E-state index is 11.6. The van der Waals surface area contributed by atoms with Crippen molar-refractivity contribution in [3.8, 4) is 0 Å². The van der Waals surface area contributed by atoms with Crippen LogP contribution in [0.1, 0.15) is 64.2 Å². The van der Waals surface area contributed by atoms with Gasteiger partial charge in [0.1, 0.15) is 0 Å². The third-order valence-electron chi connectivity index (χ3n) is 4.43. The lowest BCUT2D eigenvalue weighted by molar-refractivity contribution is -0.122. The minimum absolute atomic E-state index is 0.